The van der Waals surface area contributed by atoms with Crippen molar-refractivity contribution in [1.82, 2.24) is 9.80 Å². The second-order valence-electron chi connectivity index (χ2n) is 6.49. The van der Waals surface area contributed by atoms with Crippen molar-refractivity contribution in [2.75, 3.05) is 26.2 Å². The van der Waals surface area contributed by atoms with Crippen LogP contribution < -0.4 is 5.63 Å². The maximum atomic E-state index is 12.1. The molecule has 0 radical (unpaired) electrons. The van der Waals surface area contributed by atoms with E-state index in [9.17, 15) is 9.59 Å². The minimum absolute atomic E-state index is 0.0395. The molecule has 24 heavy (non-hydrogen) atoms. The van der Waals surface area contributed by atoms with Gasteiger partial charge in [0.05, 0.1) is 0 Å². The molecule has 1 saturated heterocycles. The molecule has 0 atom stereocenters. The molecule has 0 saturated carbocycles. The summed E-state index contributed by atoms with van der Waals surface area (Å²) in [5.41, 5.74) is 1.24. The highest BCUT2D eigenvalue weighted by Crippen LogP contribution is 2.23. The maximum Gasteiger partial charge on any atom is 0.336 e. The summed E-state index contributed by atoms with van der Waals surface area (Å²) in [7, 11) is 0. The Morgan fingerprint density at radius 3 is 2.58 bits per heavy atom. The molecule has 2 aromatic rings. The lowest BCUT2D eigenvalue weighted by molar-refractivity contribution is -0.136. The maximum absolute atomic E-state index is 12.1. The van der Waals surface area contributed by atoms with Crippen molar-refractivity contribution in [3.63, 3.8) is 0 Å². The van der Waals surface area contributed by atoms with Gasteiger partial charge in [-0.05, 0) is 23.8 Å². The van der Waals surface area contributed by atoms with Gasteiger partial charge in [0.2, 0.25) is 5.91 Å². The van der Waals surface area contributed by atoms with Gasteiger partial charge in [0, 0.05) is 54.6 Å². The summed E-state index contributed by atoms with van der Waals surface area (Å²) in [5.74, 6) is 0.253. The predicted molar refractivity (Wildman–Crippen MR) is 96.9 cm³/mol. The molecule has 2 heterocycles. The van der Waals surface area contributed by atoms with Crippen molar-refractivity contribution in [3.05, 3.63) is 44.7 Å². The molecule has 1 amide bonds. The Bertz CT molecular complexity index is 808. The van der Waals surface area contributed by atoms with Crippen LogP contribution in [0.3, 0.4) is 0 Å². The van der Waals surface area contributed by atoms with Crippen LogP contribution in [0.25, 0.3) is 11.0 Å². The molecule has 5 nitrogen and oxygen atoms in total. The van der Waals surface area contributed by atoms with Gasteiger partial charge >= 0.3 is 5.63 Å². The average molecular weight is 393 g/mol. The Hall–Kier alpha value is -1.66. The first-order valence-corrected chi connectivity index (χ1v) is 8.97. The molecule has 0 aliphatic carbocycles. The Labute approximate surface area is 149 Å². The summed E-state index contributed by atoms with van der Waals surface area (Å²) < 4.78 is 6.18. The van der Waals surface area contributed by atoms with Crippen LogP contribution in [0, 0.1) is 5.92 Å². The Morgan fingerprint density at radius 2 is 1.92 bits per heavy atom. The van der Waals surface area contributed by atoms with Crippen LogP contribution in [0.1, 0.15) is 19.4 Å². The van der Waals surface area contributed by atoms with Gasteiger partial charge in [0.1, 0.15) is 5.58 Å². The first-order chi connectivity index (χ1) is 11.4. The standard InChI is InChI=1S/C18H21BrN2O3/c1-12(2)18(23)21-7-5-20(6-8-21)11-13-9-17(22)24-16-10-14(19)3-4-15(13)16/h3-4,9-10,12H,5-8,11H2,1-2H3. The Balaban J connectivity index is 1.75. The first-order valence-electron chi connectivity index (χ1n) is 8.17. The summed E-state index contributed by atoms with van der Waals surface area (Å²) in [4.78, 5) is 28.1. The van der Waals surface area contributed by atoms with E-state index in [0.29, 0.717) is 12.1 Å². The van der Waals surface area contributed by atoms with Gasteiger partial charge in [-0.1, -0.05) is 29.8 Å². The summed E-state index contributed by atoms with van der Waals surface area (Å²) in [6.07, 6.45) is 0. The molecule has 0 N–H and O–H groups in total. The van der Waals surface area contributed by atoms with Crippen LogP contribution >= 0.6 is 15.9 Å². The van der Waals surface area contributed by atoms with E-state index in [4.69, 9.17) is 4.42 Å². The SMILES string of the molecule is CC(C)C(=O)N1CCN(Cc2cc(=O)oc3cc(Br)ccc23)CC1. The minimum atomic E-state index is -0.329. The molecule has 1 aromatic heterocycles. The third-order valence-corrected chi connectivity index (χ3v) is 4.86. The smallest absolute Gasteiger partial charge is 0.336 e. The Kier molecular flexibility index (Phi) is 5.06. The van der Waals surface area contributed by atoms with Crippen LogP contribution in [0.4, 0.5) is 0 Å². The Morgan fingerprint density at radius 1 is 1.21 bits per heavy atom. The van der Waals surface area contributed by atoms with Gasteiger partial charge in [0.25, 0.3) is 0 Å². The number of rotatable bonds is 3. The van der Waals surface area contributed by atoms with Gasteiger partial charge in [-0.25, -0.2) is 4.79 Å². The third-order valence-electron chi connectivity index (χ3n) is 4.36. The van der Waals surface area contributed by atoms with Crippen LogP contribution in [-0.2, 0) is 11.3 Å². The highest BCUT2D eigenvalue weighted by Gasteiger charge is 2.23. The molecule has 6 heteroatoms. The number of nitrogens with zero attached hydrogens (tertiary/aromatic N) is 2. The summed E-state index contributed by atoms with van der Waals surface area (Å²) in [6, 6.07) is 7.31. The van der Waals surface area contributed by atoms with Crippen molar-refractivity contribution < 1.29 is 9.21 Å². The molecule has 0 bridgehead atoms. The predicted octanol–water partition coefficient (Wildman–Crippen LogP) is 2.86. The van der Waals surface area contributed by atoms with Crippen molar-refractivity contribution in [2.24, 2.45) is 5.92 Å². The number of amides is 1. The lowest BCUT2D eigenvalue weighted by Crippen LogP contribution is -2.49. The molecule has 128 valence electrons. The number of hydrogen-bond donors (Lipinski definition) is 0. The second-order valence-corrected chi connectivity index (χ2v) is 7.40. The van der Waals surface area contributed by atoms with Crippen LogP contribution in [-0.4, -0.2) is 41.9 Å². The fraction of sp³-hybridized carbons (Fsp3) is 0.444. The minimum Gasteiger partial charge on any atom is -0.423 e. The molecule has 1 aliphatic rings. The monoisotopic (exact) mass is 392 g/mol. The quantitative estimate of drug-likeness (QED) is 0.753. The summed E-state index contributed by atoms with van der Waals surface area (Å²) in [6.45, 7) is 7.66. The number of piperazine rings is 1. The number of hydrogen-bond acceptors (Lipinski definition) is 4. The summed E-state index contributed by atoms with van der Waals surface area (Å²) >= 11 is 3.40. The van der Waals surface area contributed by atoms with E-state index in [0.717, 1.165) is 41.6 Å². The lowest BCUT2D eigenvalue weighted by Gasteiger charge is -2.35. The highest BCUT2D eigenvalue weighted by molar-refractivity contribution is 9.10. The van der Waals surface area contributed by atoms with Crippen molar-refractivity contribution in [3.8, 4) is 0 Å². The van der Waals surface area contributed by atoms with E-state index >= 15 is 0 Å². The average Bonchev–Trinajstić information content (AvgIpc) is 2.54. The third kappa shape index (κ3) is 3.70. The van der Waals surface area contributed by atoms with Crippen LogP contribution in [0.5, 0.6) is 0 Å². The zero-order valence-electron chi connectivity index (χ0n) is 13.9. The van der Waals surface area contributed by atoms with E-state index in [1.807, 2.05) is 36.9 Å². The number of carbonyl (C=O) groups excluding carboxylic acids is 1. The van der Waals surface area contributed by atoms with Crippen molar-refractivity contribution >= 4 is 32.8 Å². The van der Waals surface area contributed by atoms with Crippen LogP contribution in [0.2, 0.25) is 0 Å². The van der Waals surface area contributed by atoms with E-state index in [1.54, 1.807) is 6.07 Å². The molecule has 1 fully saturated rings. The highest BCUT2D eigenvalue weighted by atomic mass is 79.9. The zero-order chi connectivity index (χ0) is 17.3. The zero-order valence-corrected chi connectivity index (χ0v) is 15.5. The first kappa shape index (κ1) is 17.2. The molecule has 1 aliphatic heterocycles. The molecule has 0 spiro atoms. The molecular formula is C18H21BrN2O3. The fourth-order valence-electron chi connectivity index (χ4n) is 3.07. The second kappa shape index (κ2) is 7.07. The van der Waals surface area contributed by atoms with Gasteiger partial charge in [-0.2, -0.15) is 0 Å². The van der Waals surface area contributed by atoms with E-state index in [-0.39, 0.29) is 17.5 Å². The molecule has 0 unspecified atom stereocenters. The normalized spacial score (nSPS) is 16.1. The number of carbonyl (C=O) groups is 1. The van der Waals surface area contributed by atoms with Gasteiger partial charge < -0.3 is 9.32 Å². The lowest BCUT2D eigenvalue weighted by atomic mass is 10.1. The van der Waals surface area contributed by atoms with Crippen molar-refractivity contribution in [1.29, 1.82) is 0 Å². The molecule has 1 aromatic carbocycles. The van der Waals surface area contributed by atoms with E-state index in [1.165, 1.54) is 0 Å². The van der Waals surface area contributed by atoms with Crippen molar-refractivity contribution in [2.45, 2.75) is 20.4 Å². The number of fused-ring (bicyclic) bond motifs is 1. The largest absolute Gasteiger partial charge is 0.423 e. The molecule has 3 rings (SSSR count). The van der Waals surface area contributed by atoms with Gasteiger partial charge in [-0.3, -0.25) is 9.69 Å². The topological polar surface area (TPSA) is 53.8 Å². The number of halogens is 1. The van der Waals surface area contributed by atoms with Gasteiger partial charge in [0.15, 0.2) is 0 Å². The molecular weight excluding hydrogens is 372 g/mol. The number of benzene rings is 1. The van der Waals surface area contributed by atoms with Gasteiger partial charge in [-0.15, -0.1) is 0 Å². The van der Waals surface area contributed by atoms with Crippen LogP contribution in [0.15, 0.2) is 37.9 Å². The summed E-state index contributed by atoms with van der Waals surface area (Å²) in [5, 5.41) is 0.957. The van der Waals surface area contributed by atoms with E-state index < -0.39 is 0 Å². The fourth-order valence-corrected chi connectivity index (χ4v) is 3.41. The van der Waals surface area contributed by atoms with E-state index in [2.05, 4.69) is 20.8 Å².